The van der Waals surface area contributed by atoms with E-state index in [1.807, 2.05) is 30.3 Å². The van der Waals surface area contributed by atoms with E-state index >= 15 is 0 Å². The minimum atomic E-state index is -0.455. The molecule has 0 aliphatic carbocycles. The van der Waals surface area contributed by atoms with E-state index in [0.717, 1.165) is 37.9 Å². The molecule has 3 nitrogen and oxygen atoms in total. The number of aliphatic hydroxyl groups excluding tert-OH is 2. The van der Waals surface area contributed by atoms with Gasteiger partial charge in [0.25, 0.3) is 0 Å². The summed E-state index contributed by atoms with van der Waals surface area (Å²) in [6, 6.07) is 9.86. The molecule has 0 radical (unpaired) electrons. The van der Waals surface area contributed by atoms with Crippen LogP contribution in [-0.2, 0) is 0 Å². The molecule has 0 aromatic heterocycles. The van der Waals surface area contributed by atoms with Crippen LogP contribution in [0.15, 0.2) is 30.3 Å². The Morgan fingerprint density at radius 2 is 1.75 bits per heavy atom. The van der Waals surface area contributed by atoms with Crippen molar-refractivity contribution in [3.8, 4) is 0 Å². The van der Waals surface area contributed by atoms with E-state index in [2.05, 4.69) is 25.8 Å². The van der Waals surface area contributed by atoms with Crippen LogP contribution in [0, 0.1) is 5.41 Å². The van der Waals surface area contributed by atoms with Gasteiger partial charge in [0.2, 0.25) is 0 Å². The minimum Gasteiger partial charge on any atom is -0.396 e. The molecular weight excluding hydrogens is 250 g/mol. The van der Waals surface area contributed by atoms with Crippen LogP contribution in [0.3, 0.4) is 0 Å². The lowest BCUT2D eigenvalue weighted by Crippen LogP contribution is -2.36. The second-order valence-electron chi connectivity index (χ2n) is 6.32. The first-order valence-corrected chi connectivity index (χ1v) is 7.50. The molecule has 1 atom stereocenters. The molecule has 20 heavy (non-hydrogen) atoms. The van der Waals surface area contributed by atoms with Gasteiger partial charge in [0.1, 0.15) is 0 Å². The summed E-state index contributed by atoms with van der Waals surface area (Å²) in [5.41, 5.74) is 0.791. The lowest BCUT2D eigenvalue weighted by Gasteiger charge is -2.35. The Labute approximate surface area is 123 Å². The molecule has 0 saturated heterocycles. The highest BCUT2D eigenvalue weighted by molar-refractivity contribution is 5.19. The average molecular weight is 279 g/mol. The zero-order chi connectivity index (χ0) is 15.0. The third-order valence-corrected chi connectivity index (χ3v) is 3.73. The van der Waals surface area contributed by atoms with Crippen LogP contribution in [-0.4, -0.2) is 41.9 Å². The maximum atomic E-state index is 10.5. The zero-order valence-electron chi connectivity index (χ0n) is 13.0. The van der Waals surface area contributed by atoms with E-state index in [9.17, 15) is 5.11 Å². The number of rotatable bonds is 9. The Bertz CT molecular complexity index is 365. The van der Waals surface area contributed by atoms with Gasteiger partial charge in [0.15, 0.2) is 0 Å². The summed E-state index contributed by atoms with van der Waals surface area (Å²) >= 11 is 0. The molecule has 0 heterocycles. The van der Waals surface area contributed by atoms with E-state index in [1.165, 1.54) is 0 Å². The molecule has 2 N–H and O–H groups in total. The van der Waals surface area contributed by atoms with Gasteiger partial charge in [0.05, 0.1) is 6.10 Å². The minimum absolute atomic E-state index is 0.187. The molecule has 1 unspecified atom stereocenters. The fourth-order valence-electron chi connectivity index (χ4n) is 2.62. The van der Waals surface area contributed by atoms with Gasteiger partial charge in [-0.15, -0.1) is 0 Å². The monoisotopic (exact) mass is 279 g/mol. The Morgan fingerprint density at radius 3 is 2.35 bits per heavy atom. The number of nitrogens with zero attached hydrogens (tertiary/aromatic N) is 1. The van der Waals surface area contributed by atoms with Crippen molar-refractivity contribution in [1.82, 2.24) is 4.90 Å². The maximum absolute atomic E-state index is 10.5. The van der Waals surface area contributed by atoms with Crippen LogP contribution in [0.2, 0.25) is 0 Å². The molecule has 0 amide bonds. The lowest BCUT2D eigenvalue weighted by molar-refractivity contribution is 0.0256. The maximum Gasteiger partial charge on any atom is 0.0853 e. The fourth-order valence-corrected chi connectivity index (χ4v) is 2.62. The SMILES string of the molecule is CN(CCCCCO)CC(C)(C)C(O)c1ccccc1. The van der Waals surface area contributed by atoms with Crippen molar-refractivity contribution in [2.75, 3.05) is 26.7 Å². The quantitative estimate of drug-likeness (QED) is 0.683. The van der Waals surface area contributed by atoms with Crippen molar-refractivity contribution in [3.63, 3.8) is 0 Å². The van der Waals surface area contributed by atoms with E-state index in [1.54, 1.807) is 0 Å². The standard InChI is InChI=1S/C17H29NO2/c1-17(2,14-18(3)12-8-5-9-13-19)16(20)15-10-6-4-7-11-15/h4,6-7,10-11,16,19-20H,5,8-9,12-14H2,1-3H3. The van der Waals surface area contributed by atoms with Gasteiger partial charge in [-0.25, -0.2) is 0 Å². The first-order valence-electron chi connectivity index (χ1n) is 7.50. The second kappa shape index (κ2) is 8.40. The van der Waals surface area contributed by atoms with Gasteiger partial charge in [-0.05, 0) is 38.4 Å². The van der Waals surface area contributed by atoms with Crippen LogP contribution < -0.4 is 0 Å². The molecule has 0 fully saturated rings. The molecule has 3 heteroatoms. The Morgan fingerprint density at radius 1 is 1.10 bits per heavy atom. The van der Waals surface area contributed by atoms with Crippen LogP contribution in [0.25, 0.3) is 0 Å². The zero-order valence-corrected chi connectivity index (χ0v) is 13.0. The Kier molecular flexibility index (Phi) is 7.20. The Balaban J connectivity index is 2.47. The lowest BCUT2D eigenvalue weighted by atomic mass is 9.82. The second-order valence-corrected chi connectivity index (χ2v) is 6.32. The molecule has 0 aliphatic heterocycles. The smallest absolute Gasteiger partial charge is 0.0853 e. The van der Waals surface area contributed by atoms with Crippen LogP contribution in [0.4, 0.5) is 0 Å². The van der Waals surface area contributed by atoms with E-state index < -0.39 is 6.10 Å². The van der Waals surface area contributed by atoms with Crippen LogP contribution in [0.1, 0.15) is 44.8 Å². The van der Waals surface area contributed by atoms with Crippen LogP contribution in [0.5, 0.6) is 0 Å². The third kappa shape index (κ3) is 5.61. The molecule has 0 saturated carbocycles. The first kappa shape index (κ1) is 17.2. The van der Waals surface area contributed by atoms with Crippen molar-refractivity contribution in [2.24, 2.45) is 5.41 Å². The van der Waals surface area contributed by atoms with Crippen molar-refractivity contribution < 1.29 is 10.2 Å². The third-order valence-electron chi connectivity index (χ3n) is 3.73. The van der Waals surface area contributed by atoms with Gasteiger partial charge in [-0.2, -0.15) is 0 Å². The van der Waals surface area contributed by atoms with E-state index in [0.29, 0.717) is 0 Å². The normalized spacial score (nSPS) is 13.7. The van der Waals surface area contributed by atoms with Gasteiger partial charge in [-0.1, -0.05) is 44.2 Å². The highest BCUT2D eigenvalue weighted by Crippen LogP contribution is 2.33. The molecule has 1 aromatic carbocycles. The summed E-state index contributed by atoms with van der Waals surface area (Å²) in [7, 11) is 2.10. The summed E-state index contributed by atoms with van der Waals surface area (Å²) in [5.74, 6) is 0. The fraction of sp³-hybridized carbons (Fsp3) is 0.647. The van der Waals surface area contributed by atoms with Gasteiger partial charge >= 0.3 is 0 Å². The molecule has 114 valence electrons. The number of hydrogen-bond acceptors (Lipinski definition) is 3. The number of aliphatic hydroxyl groups is 2. The highest BCUT2D eigenvalue weighted by atomic mass is 16.3. The number of hydrogen-bond donors (Lipinski definition) is 2. The van der Waals surface area contributed by atoms with Crippen molar-refractivity contribution >= 4 is 0 Å². The molecule has 1 aromatic rings. The van der Waals surface area contributed by atoms with Crippen molar-refractivity contribution in [1.29, 1.82) is 0 Å². The van der Waals surface area contributed by atoms with Crippen molar-refractivity contribution in [2.45, 2.75) is 39.2 Å². The van der Waals surface area contributed by atoms with E-state index in [-0.39, 0.29) is 12.0 Å². The summed E-state index contributed by atoms with van der Waals surface area (Å²) < 4.78 is 0. The molecule has 0 bridgehead atoms. The van der Waals surface area contributed by atoms with E-state index in [4.69, 9.17) is 5.11 Å². The first-order chi connectivity index (χ1) is 9.47. The number of unbranched alkanes of at least 4 members (excludes halogenated alkanes) is 2. The topological polar surface area (TPSA) is 43.7 Å². The largest absolute Gasteiger partial charge is 0.396 e. The number of benzene rings is 1. The summed E-state index contributed by atoms with van der Waals surface area (Å²) in [5, 5.41) is 19.3. The van der Waals surface area contributed by atoms with Gasteiger partial charge < -0.3 is 15.1 Å². The van der Waals surface area contributed by atoms with Crippen LogP contribution >= 0.6 is 0 Å². The highest BCUT2D eigenvalue weighted by Gasteiger charge is 2.30. The summed E-state index contributed by atoms with van der Waals surface area (Å²) in [6.45, 7) is 6.35. The van der Waals surface area contributed by atoms with Gasteiger partial charge in [0, 0.05) is 18.6 Å². The van der Waals surface area contributed by atoms with Crippen molar-refractivity contribution in [3.05, 3.63) is 35.9 Å². The van der Waals surface area contributed by atoms with Gasteiger partial charge in [-0.3, -0.25) is 0 Å². The summed E-state index contributed by atoms with van der Waals surface area (Å²) in [4.78, 5) is 2.27. The summed E-state index contributed by atoms with van der Waals surface area (Å²) in [6.07, 6.45) is 2.57. The molecule has 1 rings (SSSR count). The predicted octanol–water partition coefficient (Wildman–Crippen LogP) is 2.84. The predicted molar refractivity (Wildman–Crippen MR) is 83.6 cm³/mol. The average Bonchev–Trinajstić information content (AvgIpc) is 2.43. The molecular formula is C17H29NO2. The molecule has 0 spiro atoms. The Hall–Kier alpha value is -0.900. The molecule has 0 aliphatic rings.